The Morgan fingerprint density at radius 2 is 1.70 bits per heavy atom. The molecule has 5 aromatic rings. The Kier molecular flexibility index (Phi) is 5.82. The monoisotopic (exact) mass is 453 g/mol. The first-order valence-corrected chi connectivity index (χ1v) is 11.3. The number of pyridine rings is 1. The Bertz CT molecular complexity index is 1430. The van der Waals surface area contributed by atoms with E-state index < -0.39 is 5.97 Å². The van der Waals surface area contributed by atoms with E-state index >= 15 is 0 Å². The van der Waals surface area contributed by atoms with Crippen LogP contribution in [0.1, 0.15) is 21.5 Å². The van der Waals surface area contributed by atoms with Crippen LogP contribution in [0.5, 0.6) is 0 Å². The first-order chi connectivity index (χ1) is 16.2. The average Bonchev–Trinajstić information content (AvgIpc) is 3.31. The van der Waals surface area contributed by atoms with E-state index in [1.807, 2.05) is 48.5 Å². The van der Waals surface area contributed by atoms with Crippen molar-refractivity contribution in [2.45, 2.75) is 17.3 Å². The third-order valence-electron chi connectivity index (χ3n) is 5.18. The number of tetrazole rings is 1. The molecule has 0 saturated heterocycles. The fraction of sp³-hybridized carbons (Fsp3) is 0.0800. The van der Waals surface area contributed by atoms with Crippen LogP contribution in [-0.4, -0.2) is 36.3 Å². The molecular formula is C25H19N5O2S. The third kappa shape index (κ3) is 4.75. The van der Waals surface area contributed by atoms with Gasteiger partial charge in [-0.05, 0) is 34.5 Å². The second-order valence-corrected chi connectivity index (χ2v) is 8.43. The average molecular weight is 454 g/mol. The number of carboxylic acids is 1. The van der Waals surface area contributed by atoms with Crippen molar-refractivity contribution in [2.24, 2.45) is 0 Å². The number of carboxylic acid groups (broad SMARTS) is 1. The van der Waals surface area contributed by atoms with Crippen LogP contribution in [0.25, 0.3) is 22.3 Å². The molecule has 2 heterocycles. The van der Waals surface area contributed by atoms with E-state index in [4.69, 9.17) is 4.98 Å². The van der Waals surface area contributed by atoms with Gasteiger partial charge in [0.1, 0.15) is 0 Å². The molecule has 8 heteroatoms. The molecule has 1 N–H and O–H groups in total. The fourth-order valence-electron chi connectivity index (χ4n) is 3.48. The van der Waals surface area contributed by atoms with Crippen molar-refractivity contribution in [1.82, 2.24) is 25.2 Å². The zero-order chi connectivity index (χ0) is 22.6. The van der Waals surface area contributed by atoms with E-state index in [1.54, 1.807) is 36.0 Å². The molecule has 7 nitrogen and oxygen atoms in total. The summed E-state index contributed by atoms with van der Waals surface area (Å²) in [4.78, 5) is 17.5. The van der Waals surface area contributed by atoms with Crippen molar-refractivity contribution >= 4 is 28.6 Å². The number of aromatic nitrogens is 5. The number of hydrogen-bond acceptors (Lipinski definition) is 6. The predicted octanol–water partition coefficient (Wildman–Crippen LogP) is 4.93. The quantitative estimate of drug-likeness (QED) is 0.349. The van der Waals surface area contributed by atoms with Crippen LogP contribution in [0.15, 0.2) is 90.0 Å². The summed E-state index contributed by atoms with van der Waals surface area (Å²) in [6.07, 6.45) is 0. The maximum absolute atomic E-state index is 11.4. The van der Waals surface area contributed by atoms with Crippen LogP contribution in [0.4, 0.5) is 0 Å². The zero-order valence-electron chi connectivity index (χ0n) is 17.5. The van der Waals surface area contributed by atoms with Gasteiger partial charge in [0.05, 0.1) is 22.7 Å². The molecule has 33 heavy (non-hydrogen) atoms. The molecule has 0 aliphatic rings. The van der Waals surface area contributed by atoms with Crippen LogP contribution in [0.2, 0.25) is 0 Å². The van der Waals surface area contributed by atoms with Gasteiger partial charge in [0.25, 0.3) is 0 Å². The molecule has 0 atom stereocenters. The number of para-hydroxylation sites is 1. The summed E-state index contributed by atoms with van der Waals surface area (Å²) < 4.78 is 0. The number of fused-ring (bicyclic) bond motifs is 1. The minimum Gasteiger partial charge on any atom is -0.478 e. The van der Waals surface area contributed by atoms with Gasteiger partial charge in [0, 0.05) is 16.7 Å². The van der Waals surface area contributed by atoms with E-state index in [2.05, 4.69) is 27.5 Å². The lowest BCUT2D eigenvalue weighted by atomic mass is 10.1. The summed E-state index contributed by atoms with van der Waals surface area (Å²) in [5.41, 5.74) is 3.88. The number of benzene rings is 3. The summed E-state index contributed by atoms with van der Waals surface area (Å²) in [6, 6.07) is 27.1. The standard InChI is InChI=1S/C25H19N5O2S/c31-25(32)21-7-3-1-6-20(21)15-30-28-24(27-29-30)19-11-9-17(10-12-19)16-33-23-14-13-18-5-2-4-8-22(18)26-23/h1-14H,15-16H2,(H,31,32). The Balaban J connectivity index is 1.25. The predicted molar refractivity (Wildman–Crippen MR) is 127 cm³/mol. The first-order valence-electron chi connectivity index (χ1n) is 10.3. The molecule has 0 saturated carbocycles. The Labute approximate surface area is 194 Å². The van der Waals surface area contributed by atoms with E-state index in [-0.39, 0.29) is 12.1 Å². The second-order valence-electron chi connectivity index (χ2n) is 7.43. The first kappa shape index (κ1) is 20.8. The third-order valence-corrected chi connectivity index (χ3v) is 6.18. The highest BCUT2D eigenvalue weighted by atomic mass is 32.2. The molecule has 0 aliphatic carbocycles. The number of carbonyl (C=O) groups is 1. The molecule has 0 aliphatic heterocycles. The molecule has 0 spiro atoms. The lowest BCUT2D eigenvalue weighted by Gasteiger charge is -2.04. The molecule has 0 amide bonds. The van der Waals surface area contributed by atoms with Crippen LogP contribution in [0, 0.1) is 0 Å². The smallest absolute Gasteiger partial charge is 0.336 e. The van der Waals surface area contributed by atoms with Crippen molar-refractivity contribution in [1.29, 1.82) is 0 Å². The number of rotatable bonds is 7. The van der Waals surface area contributed by atoms with Crippen molar-refractivity contribution < 1.29 is 9.90 Å². The summed E-state index contributed by atoms with van der Waals surface area (Å²) in [5, 5.41) is 24.1. The van der Waals surface area contributed by atoms with Gasteiger partial charge in [-0.3, -0.25) is 0 Å². The molecule has 0 bridgehead atoms. The van der Waals surface area contributed by atoms with Gasteiger partial charge >= 0.3 is 5.97 Å². The highest BCUT2D eigenvalue weighted by molar-refractivity contribution is 7.98. The van der Waals surface area contributed by atoms with Gasteiger partial charge in [-0.2, -0.15) is 4.80 Å². The van der Waals surface area contributed by atoms with E-state index in [0.717, 1.165) is 27.2 Å². The number of aromatic carboxylic acids is 1. The van der Waals surface area contributed by atoms with Gasteiger partial charge in [-0.15, -0.1) is 22.0 Å². The highest BCUT2D eigenvalue weighted by Gasteiger charge is 2.12. The molecular weight excluding hydrogens is 434 g/mol. The van der Waals surface area contributed by atoms with Crippen molar-refractivity contribution in [3.63, 3.8) is 0 Å². The fourth-order valence-corrected chi connectivity index (χ4v) is 4.31. The minimum atomic E-state index is -0.974. The van der Waals surface area contributed by atoms with Crippen LogP contribution < -0.4 is 0 Å². The van der Waals surface area contributed by atoms with Gasteiger partial charge in [-0.25, -0.2) is 9.78 Å². The Morgan fingerprint density at radius 1 is 0.909 bits per heavy atom. The van der Waals surface area contributed by atoms with Crippen molar-refractivity contribution in [3.05, 3.63) is 102 Å². The van der Waals surface area contributed by atoms with E-state index in [1.165, 1.54) is 10.4 Å². The molecule has 0 radical (unpaired) electrons. The van der Waals surface area contributed by atoms with Gasteiger partial charge < -0.3 is 5.11 Å². The van der Waals surface area contributed by atoms with Crippen molar-refractivity contribution in [2.75, 3.05) is 0 Å². The molecule has 3 aromatic carbocycles. The van der Waals surface area contributed by atoms with Gasteiger partial charge in [0.15, 0.2) is 0 Å². The topological polar surface area (TPSA) is 93.8 Å². The maximum atomic E-state index is 11.4. The molecule has 5 rings (SSSR count). The minimum absolute atomic E-state index is 0.235. The van der Waals surface area contributed by atoms with Crippen LogP contribution >= 0.6 is 11.8 Å². The lowest BCUT2D eigenvalue weighted by molar-refractivity contribution is 0.0695. The van der Waals surface area contributed by atoms with Crippen LogP contribution in [-0.2, 0) is 12.3 Å². The Morgan fingerprint density at radius 3 is 2.55 bits per heavy atom. The summed E-state index contributed by atoms with van der Waals surface area (Å²) in [5.74, 6) is 0.328. The van der Waals surface area contributed by atoms with Gasteiger partial charge in [0.2, 0.25) is 5.82 Å². The second kappa shape index (κ2) is 9.22. The number of thioether (sulfide) groups is 1. The summed E-state index contributed by atoms with van der Waals surface area (Å²) in [7, 11) is 0. The Hall–Kier alpha value is -4.04. The molecule has 0 unspecified atom stereocenters. The van der Waals surface area contributed by atoms with E-state index in [0.29, 0.717) is 11.4 Å². The highest BCUT2D eigenvalue weighted by Crippen LogP contribution is 2.25. The normalized spacial score (nSPS) is 11.0. The molecule has 0 fully saturated rings. The maximum Gasteiger partial charge on any atom is 0.336 e. The lowest BCUT2D eigenvalue weighted by Crippen LogP contribution is -2.09. The summed E-state index contributed by atoms with van der Waals surface area (Å²) >= 11 is 1.69. The van der Waals surface area contributed by atoms with Gasteiger partial charge in [-0.1, -0.05) is 66.7 Å². The van der Waals surface area contributed by atoms with E-state index in [9.17, 15) is 9.90 Å². The van der Waals surface area contributed by atoms with Crippen LogP contribution in [0.3, 0.4) is 0 Å². The number of nitrogens with zero attached hydrogens (tertiary/aromatic N) is 5. The largest absolute Gasteiger partial charge is 0.478 e. The molecule has 162 valence electrons. The number of hydrogen-bond donors (Lipinski definition) is 1. The van der Waals surface area contributed by atoms with Crippen molar-refractivity contribution in [3.8, 4) is 11.4 Å². The summed E-state index contributed by atoms with van der Waals surface area (Å²) in [6.45, 7) is 0.239. The molecule has 2 aromatic heterocycles. The SMILES string of the molecule is O=C(O)c1ccccc1Cn1nnc(-c2ccc(CSc3ccc4ccccc4n3)cc2)n1. The zero-order valence-corrected chi connectivity index (χ0v) is 18.3.